The van der Waals surface area contributed by atoms with Crippen molar-refractivity contribution in [2.24, 2.45) is 0 Å². The molecule has 0 aromatic rings. The Morgan fingerprint density at radius 2 is 2.14 bits per heavy atom. The van der Waals surface area contributed by atoms with Crippen LogP contribution in [0.15, 0.2) is 0 Å². The van der Waals surface area contributed by atoms with Crippen LogP contribution in [0.1, 0.15) is 0 Å². The van der Waals surface area contributed by atoms with E-state index >= 15 is 0 Å². The molecule has 7 heavy (non-hydrogen) atoms. The first-order valence-corrected chi connectivity index (χ1v) is 2.81. The number of thiol groups is 1. The average Bonchev–Trinajstić information content (AvgIpc) is 1.69. The van der Waals surface area contributed by atoms with Gasteiger partial charge in [-0.15, -0.1) is 0 Å². The van der Waals surface area contributed by atoms with E-state index in [1.54, 1.807) is 0 Å². The van der Waals surface area contributed by atoms with Crippen LogP contribution in [0.25, 0.3) is 0 Å². The molecule has 0 rings (SSSR count). The van der Waals surface area contributed by atoms with Crippen LogP contribution >= 0.6 is 12.6 Å². The number of ether oxygens (including phenoxy) is 1. The highest BCUT2D eigenvalue weighted by molar-refractivity contribution is 7.80. The highest BCUT2D eigenvalue weighted by Crippen LogP contribution is 1.75. The van der Waals surface area contributed by atoms with Gasteiger partial charge in [-0.25, -0.2) is 5.11 Å². The van der Waals surface area contributed by atoms with E-state index in [2.05, 4.69) is 12.6 Å². The van der Waals surface area contributed by atoms with Gasteiger partial charge in [0.2, 0.25) is 0 Å². The second-order valence-electron chi connectivity index (χ2n) is 1.04. The van der Waals surface area contributed by atoms with Crippen molar-refractivity contribution in [2.45, 2.75) is 0 Å². The van der Waals surface area contributed by atoms with Gasteiger partial charge in [0, 0.05) is 5.75 Å². The second-order valence-corrected chi connectivity index (χ2v) is 1.49. The van der Waals surface area contributed by atoms with E-state index in [0.29, 0.717) is 19.0 Å². The molecule has 0 saturated heterocycles. The fourth-order valence-corrected chi connectivity index (χ4v) is 0.355. The molecule has 0 aromatic carbocycles. The molecule has 0 spiro atoms. The third-order valence-electron chi connectivity index (χ3n) is 0.463. The third kappa shape index (κ3) is 6.27. The summed E-state index contributed by atoms with van der Waals surface area (Å²) in [6.45, 7) is 0.764. The zero-order valence-electron chi connectivity index (χ0n) is 4.09. The minimum atomic E-state index is -0.145. The predicted octanol–water partition coefficient (Wildman–Crippen LogP) is 0.363. The molecular weight excluding hydrogens is 112 g/mol. The maximum absolute atomic E-state index is 9.65. The summed E-state index contributed by atoms with van der Waals surface area (Å²) < 4.78 is 4.74. The van der Waals surface area contributed by atoms with Crippen molar-refractivity contribution in [3.05, 3.63) is 0 Å². The van der Waals surface area contributed by atoms with Crippen LogP contribution in [0.5, 0.6) is 0 Å². The molecule has 0 aliphatic carbocycles. The van der Waals surface area contributed by atoms with Gasteiger partial charge in [-0.3, -0.25) is 0 Å². The van der Waals surface area contributed by atoms with Gasteiger partial charge < -0.3 is 4.74 Å². The number of hydrogen-bond acceptors (Lipinski definition) is 2. The lowest BCUT2D eigenvalue weighted by Gasteiger charge is -1.93. The molecule has 0 fully saturated rings. The molecule has 0 aliphatic heterocycles. The van der Waals surface area contributed by atoms with Crippen molar-refractivity contribution in [3.8, 4) is 0 Å². The van der Waals surface area contributed by atoms with Crippen LogP contribution in [0.4, 0.5) is 0 Å². The van der Waals surface area contributed by atoms with Gasteiger partial charge in [-0.1, -0.05) is 0 Å². The summed E-state index contributed by atoms with van der Waals surface area (Å²) in [7, 11) is 0. The molecule has 0 amide bonds. The Kier molecular flexibility index (Phi) is 6.51. The second kappa shape index (κ2) is 6.27. The zero-order valence-corrected chi connectivity index (χ0v) is 4.99. The average molecular weight is 121 g/mol. The predicted molar refractivity (Wildman–Crippen MR) is 30.2 cm³/mol. The topological polar surface area (TPSA) is 29.1 Å². The standard InChI is InChI=1S/C4H9O2S/c5-1-2-6-3-4-7/h7H,1-4H2. The molecule has 0 atom stereocenters. The molecule has 0 saturated carbocycles. The smallest absolute Gasteiger partial charge is 0.106 e. The van der Waals surface area contributed by atoms with Crippen LogP contribution in [0, 0.1) is 0 Å². The van der Waals surface area contributed by atoms with Crippen molar-refractivity contribution >= 4 is 12.6 Å². The molecule has 3 heteroatoms. The zero-order chi connectivity index (χ0) is 5.54. The highest BCUT2D eigenvalue weighted by atomic mass is 32.1. The van der Waals surface area contributed by atoms with Gasteiger partial charge in [0.25, 0.3) is 0 Å². The van der Waals surface area contributed by atoms with Gasteiger partial charge >= 0.3 is 0 Å². The maximum atomic E-state index is 9.65. The fraction of sp³-hybridized carbons (Fsp3) is 1.00. The highest BCUT2D eigenvalue weighted by Gasteiger charge is 1.80. The first kappa shape index (κ1) is 7.27. The van der Waals surface area contributed by atoms with Crippen molar-refractivity contribution in [3.63, 3.8) is 0 Å². The molecule has 1 radical (unpaired) electrons. The van der Waals surface area contributed by atoms with Crippen LogP contribution in [0.2, 0.25) is 0 Å². The fourth-order valence-electron chi connectivity index (χ4n) is 0.226. The van der Waals surface area contributed by atoms with Gasteiger partial charge in [0.05, 0.1) is 13.2 Å². The van der Waals surface area contributed by atoms with Gasteiger partial charge in [-0.05, 0) is 0 Å². The monoisotopic (exact) mass is 121 g/mol. The van der Waals surface area contributed by atoms with Crippen molar-refractivity contribution in [1.82, 2.24) is 0 Å². The minimum absolute atomic E-state index is 0.145. The van der Waals surface area contributed by atoms with E-state index in [-0.39, 0.29) is 6.61 Å². The molecule has 43 valence electrons. The Morgan fingerprint density at radius 3 is 2.57 bits per heavy atom. The first-order valence-electron chi connectivity index (χ1n) is 2.18. The van der Waals surface area contributed by atoms with E-state index < -0.39 is 0 Å². The summed E-state index contributed by atoms with van der Waals surface area (Å²) in [6, 6.07) is 0. The number of rotatable bonds is 4. The van der Waals surface area contributed by atoms with E-state index in [4.69, 9.17) is 4.74 Å². The lowest BCUT2D eigenvalue weighted by Crippen LogP contribution is -1.99. The van der Waals surface area contributed by atoms with Crippen LogP contribution in [0.3, 0.4) is 0 Å². The van der Waals surface area contributed by atoms with Gasteiger partial charge in [-0.2, -0.15) is 12.6 Å². The molecule has 0 bridgehead atoms. The SMILES string of the molecule is [O]CCOCCS. The molecular formula is C4H9O2S. The summed E-state index contributed by atoms with van der Waals surface area (Å²) in [5.41, 5.74) is 0. The molecule has 2 nitrogen and oxygen atoms in total. The van der Waals surface area contributed by atoms with Crippen LogP contribution < -0.4 is 0 Å². The van der Waals surface area contributed by atoms with E-state index in [9.17, 15) is 5.11 Å². The Bertz CT molecular complexity index is 28.9. The Balaban J connectivity index is 2.45. The lowest BCUT2D eigenvalue weighted by molar-refractivity contribution is 0.0719. The van der Waals surface area contributed by atoms with E-state index in [1.165, 1.54) is 0 Å². The summed E-state index contributed by atoms with van der Waals surface area (Å²) >= 11 is 3.87. The van der Waals surface area contributed by atoms with Gasteiger partial charge in [0.15, 0.2) is 0 Å². The summed E-state index contributed by atoms with van der Waals surface area (Å²) in [5, 5.41) is 9.65. The van der Waals surface area contributed by atoms with Crippen LogP contribution in [-0.4, -0.2) is 25.6 Å². The quantitative estimate of drug-likeness (QED) is 0.422. The molecule has 0 N–H and O–H groups in total. The molecule has 0 aliphatic rings. The summed E-state index contributed by atoms with van der Waals surface area (Å²) in [6.07, 6.45) is 0. The number of hydrogen-bond donors (Lipinski definition) is 1. The maximum Gasteiger partial charge on any atom is 0.106 e. The van der Waals surface area contributed by atoms with Crippen molar-refractivity contribution in [1.29, 1.82) is 0 Å². The van der Waals surface area contributed by atoms with E-state index in [1.807, 2.05) is 0 Å². The molecule has 0 unspecified atom stereocenters. The van der Waals surface area contributed by atoms with Crippen LogP contribution in [-0.2, 0) is 9.84 Å². The molecule has 0 aromatic heterocycles. The van der Waals surface area contributed by atoms with Crippen molar-refractivity contribution in [2.75, 3.05) is 25.6 Å². The van der Waals surface area contributed by atoms with E-state index in [0.717, 1.165) is 0 Å². The van der Waals surface area contributed by atoms with Gasteiger partial charge in [0.1, 0.15) is 6.61 Å². The molecule has 0 heterocycles. The lowest BCUT2D eigenvalue weighted by atomic mass is 10.7. The summed E-state index contributed by atoms with van der Waals surface area (Å²) in [4.78, 5) is 0. The minimum Gasteiger partial charge on any atom is -0.378 e. The Labute approximate surface area is 48.9 Å². The third-order valence-corrected chi connectivity index (χ3v) is 0.646. The summed E-state index contributed by atoms with van der Waals surface area (Å²) in [5.74, 6) is 0.694. The largest absolute Gasteiger partial charge is 0.378 e. The Morgan fingerprint density at radius 1 is 1.43 bits per heavy atom. The van der Waals surface area contributed by atoms with Crippen molar-refractivity contribution < 1.29 is 9.84 Å². The Hall–Kier alpha value is 0.270. The first-order chi connectivity index (χ1) is 3.41. The normalized spacial score (nSPS) is 9.43.